The number of aliphatic hydroxyl groups is 7. The van der Waals surface area contributed by atoms with E-state index in [1.54, 1.807) is 6.92 Å². The van der Waals surface area contributed by atoms with Crippen molar-refractivity contribution in [2.45, 2.75) is 79.9 Å². The molecule has 11 heteroatoms. The molecule has 0 amide bonds. The fourth-order valence-electron chi connectivity index (χ4n) is 3.18. The van der Waals surface area contributed by atoms with E-state index in [9.17, 15) is 35.7 Å². The Morgan fingerprint density at radius 2 is 1.38 bits per heavy atom. The van der Waals surface area contributed by atoms with E-state index in [2.05, 4.69) is 0 Å². The second-order valence-electron chi connectivity index (χ2n) is 6.69. The molecule has 2 rings (SSSR count). The van der Waals surface area contributed by atoms with Crippen molar-refractivity contribution in [2.75, 3.05) is 13.2 Å². The highest BCUT2D eigenvalue weighted by atomic mass is 35.5. The lowest BCUT2D eigenvalue weighted by Gasteiger charge is -2.46. The van der Waals surface area contributed by atoms with Gasteiger partial charge < -0.3 is 50.0 Å². The smallest absolute Gasteiger partial charge is 0.187 e. The van der Waals surface area contributed by atoms with Gasteiger partial charge in [0.1, 0.15) is 48.8 Å². The molecular formula is C15H27ClO10. The van der Waals surface area contributed by atoms with E-state index < -0.39 is 74.4 Å². The minimum atomic E-state index is -1.68. The van der Waals surface area contributed by atoms with Gasteiger partial charge in [0, 0.05) is 5.38 Å². The van der Waals surface area contributed by atoms with Gasteiger partial charge >= 0.3 is 0 Å². The van der Waals surface area contributed by atoms with Gasteiger partial charge in [-0.05, 0) is 13.3 Å². The normalized spacial score (nSPS) is 48.3. The Kier molecular flexibility index (Phi) is 8.01. The van der Waals surface area contributed by atoms with Crippen LogP contribution in [0.2, 0.25) is 0 Å². The van der Waals surface area contributed by atoms with Crippen LogP contribution in [0.3, 0.4) is 0 Å². The SMILES string of the molecule is CC(Cl)CC1O[C@H](CO)[C@@H](O[C@@H]2O[C@H](CO)[C@H](O)[C@H](O)[C@H]2O)[C@H](O)[C@H]1O. The first-order chi connectivity index (χ1) is 12.2. The topological polar surface area (TPSA) is 169 Å². The summed E-state index contributed by atoms with van der Waals surface area (Å²) >= 11 is 5.89. The second-order valence-corrected chi connectivity index (χ2v) is 7.44. The molecular weight excluding hydrogens is 376 g/mol. The van der Waals surface area contributed by atoms with Crippen LogP contribution < -0.4 is 0 Å². The number of ether oxygens (including phenoxy) is 3. The van der Waals surface area contributed by atoms with Crippen molar-refractivity contribution in [1.82, 2.24) is 0 Å². The third-order valence-electron chi connectivity index (χ3n) is 4.66. The molecule has 0 aliphatic carbocycles. The molecule has 0 aromatic heterocycles. The predicted octanol–water partition coefficient (Wildman–Crippen LogP) is -3.33. The molecule has 0 saturated carbocycles. The lowest BCUT2D eigenvalue weighted by molar-refractivity contribution is -0.342. The van der Waals surface area contributed by atoms with E-state index in [0.29, 0.717) is 0 Å². The predicted molar refractivity (Wildman–Crippen MR) is 86.3 cm³/mol. The third kappa shape index (κ3) is 4.65. The lowest BCUT2D eigenvalue weighted by Crippen LogP contribution is -2.64. The zero-order chi connectivity index (χ0) is 19.6. The molecule has 0 aromatic rings. The van der Waals surface area contributed by atoms with Crippen LogP contribution >= 0.6 is 11.6 Å². The van der Waals surface area contributed by atoms with Gasteiger partial charge in [0.05, 0.1) is 19.3 Å². The van der Waals surface area contributed by atoms with Crippen LogP contribution in [0.5, 0.6) is 0 Å². The molecule has 2 fully saturated rings. The van der Waals surface area contributed by atoms with Crippen LogP contribution in [0.1, 0.15) is 13.3 Å². The Morgan fingerprint density at radius 1 is 0.808 bits per heavy atom. The standard InChI is InChI=1S/C15H27ClO10/c1-5(16)2-6-9(19)12(22)14(8(4-18)24-6)26-15-13(23)11(21)10(20)7(3-17)25-15/h5-15,17-23H,2-4H2,1H3/t5?,6?,7-,8-,9+,10+,11+,12-,13-,14-,15+/m1/s1. The van der Waals surface area contributed by atoms with Crippen LogP contribution in [0.25, 0.3) is 0 Å². The molecule has 0 spiro atoms. The van der Waals surface area contributed by atoms with Crippen molar-refractivity contribution in [1.29, 1.82) is 0 Å². The number of hydrogen-bond donors (Lipinski definition) is 7. The summed E-state index contributed by atoms with van der Waals surface area (Å²) in [5.41, 5.74) is 0. The van der Waals surface area contributed by atoms with Crippen molar-refractivity contribution in [3.63, 3.8) is 0 Å². The number of halogens is 1. The summed E-state index contributed by atoms with van der Waals surface area (Å²) in [6, 6.07) is 0. The highest BCUT2D eigenvalue weighted by Gasteiger charge is 2.50. The highest BCUT2D eigenvalue weighted by molar-refractivity contribution is 6.20. The molecule has 10 nitrogen and oxygen atoms in total. The van der Waals surface area contributed by atoms with E-state index in [0.717, 1.165) is 0 Å². The Balaban J connectivity index is 2.11. The Bertz CT molecular complexity index is 437. The number of alkyl halides is 1. The molecule has 7 N–H and O–H groups in total. The summed E-state index contributed by atoms with van der Waals surface area (Å²) in [5, 5.41) is 68.6. The first-order valence-corrected chi connectivity index (χ1v) is 8.87. The molecule has 2 aliphatic heterocycles. The molecule has 0 bridgehead atoms. The first-order valence-electron chi connectivity index (χ1n) is 8.43. The maximum atomic E-state index is 10.4. The molecule has 26 heavy (non-hydrogen) atoms. The van der Waals surface area contributed by atoms with Crippen LogP contribution in [0, 0.1) is 0 Å². The quantitative estimate of drug-likeness (QED) is 0.223. The molecule has 2 unspecified atom stereocenters. The molecule has 11 atom stereocenters. The molecule has 154 valence electrons. The van der Waals surface area contributed by atoms with Crippen molar-refractivity contribution in [3.05, 3.63) is 0 Å². The van der Waals surface area contributed by atoms with Crippen molar-refractivity contribution >= 4 is 11.6 Å². The molecule has 2 saturated heterocycles. The maximum absolute atomic E-state index is 10.4. The van der Waals surface area contributed by atoms with Crippen LogP contribution in [-0.2, 0) is 14.2 Å². The van der Waals surface area contributed by atoms with Crippen LogP contribution in [0.4, 0.5) is 0 Å². The van der Waals surface area contributed by atoms with Gasteiger partial charge in [0.2, 0.25) is 0 Å². The second kappa shape index (κ2) is 9.39. The number of aliphatic hydroxyl groups excluding tert-OH is 7. The van der Waals surface area contributed by atoms with E-state index in [4.69, 9.17) is 25.8 Å². The van der Waals surface area contributed by atoms with Gasteiger partial charge in [-0.2, -0.15) is 0 Å². The summed E-state index contributed by atoms with van der Waals surface area (Å²) in [6.45, 7) is 0.490. The first kappa shape index (κ1) is 22.2. The third-order valence-corrected chi connectivity index (χ3v) is 4.84. The van der Waals surface area contributed by atoms with E-state index in [1.165, 1.54) is 0 Å². The van der Waals surface area contributed by atoms with E-state index in [1.807, 2.05) is 0 Å². The highest BCUT2D eigenvalue weighted by Crippen LogP contribution is 2.30. The average molecular weight is 403 g/mol. The Labute approximate surface area is 155 Å². The molecule has 2 heterocycles. The summed E-state index contributed by atoms with van der Waals surface area (Å²) in [7, 11) is 0. The van der Waals surface area contributed by atoms with Gasteiger partial charge in [-0.3, -0.25) is 0 Å². The van der Waals surface area contributed by atoms with Gasteiger partial charge in [-0.25, -0.2) is 0 Å². The van der Waals surface area contributed by atoms with Gasteiger partial charge in [0.25, 0.3) is 0 Å². The summed E-state index contributed by atoms with van der Waals surface area (Å²) < 4.78 is 16.2. The number of rotatable bonds is 6. The number of hydrogen-bond acceptors (Lipinski definition) is 10. The monoisotopic (exact) mass is 402 g/mol. The Hall–Kier alpha value is -0.110. The van der Waals surface area contributed by atoms with Crippen molar-refractivity contribution < 1.29 is 50.0 Å². The van der Waals surface area contributed by atoms with Crippen LogP contribution in [0.15, 0.2) is 0 Å². The summed E-state index contributed by atoms with van der Waals surface area (Å²) in [5.74, 6) is 0. The lowest BCUT2D eigenvalue weighted by atomic mass is 9.92. The largest absolute Gasteiger partial charge is 0.394 e. The average Bonchev–Trinajstić information content (AvgIpc) is 2.60. The van der Waals surface area contributed by atoms with Gasteiger partial charge in [-0.1, -0.05) is 0 Å². The van der Waals surface area contributed by atoms with E-state index in [-0.39, 0.29) is 11.8 Å². The fourth-order valence-corrected chi connectivity index (χ4v) is 3.36. The molecule has 2 aliphatic rings. The summed E-state index contributed by atoms with van der Waals surface area (Å²) in [6.07, 6.45) is -13.4. The minimum absolute atomic E-state index is 0.225. The zero-order valence-corrected chi connectivity index (χ0v) is 15.0. The Morgan fingerprint density at radius 3 is 1.92 bits per heavy atom. The van der Waals surface area contributed by atoms with Crippen molar-refractivity contribution in [2.24, 2.45) is 0 Å². The fraction of sp³-hybridized carbons (Fsp3) is 1.00. The molecule has 0 radical (unpaired) electrons. The molecule has 0 aromatic carbocycles. The van der Waals surface area contributed by atoms with Gasteiger partial charge in [-0.15, -0.1) is 11.6 Å². The van der Waals surface area contributed by atoms with Gasteiger partial charge in [0.15, 0.2) is 6.29 Å². The van der Waals surface area contributed by atoms with E-state index >= 15 is 0 Å². The zero-order valence-electron chi connectivity index (χ0n) is 14.2. The van der Waals surface area contributed by atoms with Crippen molar-refractivity contribution in [3.8, 4) is 0 Å². The summed E-state index contributed by atoms with van der Waals surface area (Å²) in [4.78, 5) is 0. The van der Waals surface area contributed by atoms with Crippen LogP contribution in [-0.4, -0.2) is 116 Å². The maximum Gasteiger partial charge on any atom is 0.187 e. The minimum Gasteiger partial charge on any atom is -0.394 e.